The number of nitrogens with one attached hydrogen (secondary N) is 2. The van der Waals surface area contributed by atoms with Crippen LogP contribution in [0.3, 0.4) is 0 Å². The first kappa shape index (κ1) is 50.8. The van der Waals surface area contributed by atoms with Gasteiger partial charge >= 0.3 is 6.18 Å². The maximum Gasteiger partial charge on any atom is 0.417 e. The summed E-state index contributed by atoms with van der Waals surface area (Å²) >= 11 is 5.67. The van der Waals surface area contributed by atoms with Crippen LogP contribution in [0.5, 0.6) is 5.75 Å². The average molecular weight is 978 g/mol. The van der Waals surface area contributed by atoms with E-state index in [2.05, 4.69) is 15.6 Å². The molecule has 0 spiro atoms. The first-order chi connectivity index (χ1) is 33.3. The highest BCUT2D eigenvalue weighted by molar-refractivity contribution is 7.81. The molecule has 2 fully saturated rings. The Morgan fingerprint density at radius 3 is 2.20 bits per heavy atom. The Morgan fingerprint density at radius 2 is 1.57 bits per heavy atom. The first-order valence-corrected chi connectivity index (χ1v) is 23.2. The van der Waals surface area contributed by atoms with Gasteiger partial charge in [0.15, 0.2) is 17.3 Å². The minimum Gasteiger partial charge on any atom is -0.494 e. The lowest BCUT2D eigenvalue weighted by atomic mass is 9.85. The number of halogens is 3. The van der Waals surface area contributed by atoms with Crippen LogP contribution in [-0.4, -0.2) is 82.6 Å². The van der Waals surface area contributed by atoms with Crippen LogP contribution < -0.4 is 25.2 Å². The Morgan fingerprint density at radius 1 is 0.929 bits per heavy atom. The smallest absolute Gasteiger partial charge is 0.417 e. The van der Waals surface area contributed by atoms with Gasteiger partial charge in [-0.1, -0.05) is 69.3 Å². The number of unbranched alkanes of at least 4 members (excludes halogenated alkanes) is 1. The molecule has 4 amide bonds. The Bertz CT molecular complexity index is 2740. The summed E-state index contributed by atoms with van der Waals surface area (Å²) in [6.07, 6.45) is 0.669. The Labute approximate surface area is 409 Å². The van der Waals surface area contributed by atoms with E-state index in [0.29, 0.717) is 69.2 Å². The highest BCUT2D eigenvalue weighted by Crippen LogP contribution is 2.40. The van der Waals surface area contributed by atoms with Crippen molar-refractivity contribution in [3.8, 4) is 34.3 Å². The van der Waals surface area contributed by atoms with Gasteiger partial charge in [0.05, 0.1) is 35.7 Å². The van der Waals surface area contributed by atoms with Crippen molar-refractivity contribution in [2.24, 2.45) is 5.41 Å². The molecule has 2 saturated heterocycles. The summed E-state index contributed by atoms with van der Waals surface area (Å²) in [6.45, 7) is 10.1. The number of thiocarbonyl (C=S) groups is 1. The zero-order chi connectivity index (χ0) is 50.4. The lowest BCUT2D eigenvalue weighted by Crippen LogP contribution is -2.58. The standard InChI is InChI=1S/C52H54F3N7O7S/c1-50(2,3)45(47(65)60-24-8-9-42(60)46(64)58-29-33-10-12-36(13-11-33)43-30-57-32-69-43)59-44(63)31-67-25-6-7-26-68-40-22-17-35(18-23-40)34-14-19-38(20-15-34)62-49(70)61(48(66)51(62,4)5)39-21-16-37(28-56)41(27-39)52(53,54)55/h10-23,27,30,32,42,45H,6-9,24-26,29,31H2,1-5H3,(H,58,64)(H,59,63)/t42-,45?/m0/s1. The third-order valence-electron chi connectivity index (χ3n) is 12.2. The fourth-order valence-electron chi connectivity index (χ4n) is 8.44. The molecule has 2 N–H and O–H groups in total. The molecule has 1 unspecified atom stereocenters. The van der Waals surface area contributed by atoms with Gasteiger partial charge in [-0.2, -0.15) is 18.4 Å². The summed E-state index contributed by atoms with van der Waals surface area (Å²) in [7, 11) is 0. The Balaban J connectivity index is 0.833. The summed E-state index contributed by atoms with van der Waals surface area (Å²) < 4.78 is 58.2. The second kappa shape index (κ2) is 21.3. The average Bonchev–Trinajstić information content (AvgIpc) is 4.09. The van der Waals surface area contributed by atoms with Crippen LogP contribution in [0.25, 0.3) is 22.5 Å². The van der Waals surface area contributed by atoms with E-state index in [1.54, 1.807) is 48.0 Å². The molecule has 366 valence electrons. The molecule has 0 saturated carbocycles. The van der Waals surface area contributed by atoms with Crippen molar-refractivity contribution in [3.05, 3.63) is 120 Å². The zero-order valence-corrected chi connectivity index (χ0v) is 40.3. The number of ether oxygens (including phenoxy) is 2. The molecule has 4 aromatic carbocycles. The van der Waals surface area contributed by atoms with Gasteiger partial charge in [0.2, 0.25) is 17.7 Å². The van der Waals surface area contributed by atoms with E-state index in [0.717, 1.165) is 39.3 Å². The fourth-order valence-corrected chi connectivity index (χ4v) is 8.96. The molecule has 70 heavy (non-hydrogen) atoms. The van der Waals surface area contributed by atoms with Gasteiger partial charge in [0.1, 0.15) is 30.0 Å². The normalized spacial score (nSPS) is 16.3. The fraction of sp³-hybridized carbons (Fsp3) is 0.365. The predicted octanol–water partition coefficient (Wildman–Crippen LogP) is 8.83. The third-order valence-corrected chi connectivity index (χ3v) is 12.6. The highest BCUT2D eigenvalue weighted by atomic mass is 32.1. The summed E-state index contributed by atoms with van der Waals surface area (Å²) in [5, 5.41) is 15.1. The van der Waals surface area contributed by atoms with Crippen LogP contribution in [-0.2, 0) is 36.6 Å². The Hall–Kier alpha value is -7.10. The molecular formula is C52H54F3N7O7S. The molecule has 2 atom stereocenters. The van der Waals surface area contributed by atoms with E-state index in [9.17, 15) is 37.6 Å². The molecule has 2 aliphatic rings. The largest absolute Gasteiger partial charge is 0.494 e. The van der Waals surface area contributed by atoms with E-state index in [-0.39, 0.29) is 29.2 Å². The molecule has 3 heterocycles. The maximum absolute atomic E-state index is 13.9. The summed E-state index contributed by atoms with van der Waals surface area (Å²) in [6, 6.07) is 25.5. The van der Waals surface area contributed by atoms with Crippen molar-refractivity contribution >= 4 is 52.3 Å². The number of hydrogen-bond acceptors (Lipinski definition) is 10. The van der Waals surface area contributed by atoms with Crippen molar-refractivity contribution < 1.29 is 46.2 Å². The van der Waals surface area contributed by atoms with E-state index in [4.69, 9.17) is 26.1 Å². The van der Waals surface area contributed by atoms with Gasteiger partial charge in [-0.3, -0.25) is 24.1 Å². The van der Waals surface area contributed by atoms with E-state index in [1.807, 2.05) is 81.4 Å². The number of nitrogens with zero attached hydrogens (tertiary/aromatic N) is 5. The highest BCUT2D eigenvalue weighted by Gasteiger charge is 2.51. The molecule has 0 aliphatic carbocycles. The summed E-state index contributed by atoms with van der Waals surface area (Å²) in [4.78, 5) is 62.1. The SMILES string of the molecule is CC(C)(C)C(NC(=O)COCCCCOc1ccc(-c2ccc(N3C(=S)N(c4ccc(C#N)c(C(F)(F)F)c4)C(=O)C3(C)C)cc2)cc1)C(=O)N1CCC[C@H]1C(=O)NCc1ccc(-c2cnco2)cc1. The Kier molecular flexibility index (Phi) is 15.4. The van der Waals surface area contributed by atoms with Crippen LogP contribution in [0.15, 0.2) is 108 Å². The van der Waals surface area contributed by atoms with Gasteiger partial charge < -0.3 is 34.3 Å². The number of nitriles is 1. The topological polar surface area (TPSA) is 170 Å². The van der Waals surface area contributed by atoms with Crippen molar-refractivity contribution in [1.29, 1.82) is 5.26 Å². The van der Waals surface area contributed by atoms with Crippen molar-refractivity contribution in [2.75, 3.05) is 36.2 Å². The lowest BCUT2D eigenvalue weighted by molar-refractivity contribution is -0.144. The molecule has 7 rings (SSSR count). The number of likely N-dealkylation sites (tertiary alicyclic amines) is 1. The number of hydrogen-bond donors (Lipinski definition) is 2. The number of carbonyl (C=O) groups is 4. The van der Waals surface area contributed by atoms with Crippen LogP contribution in [0.1, 0.15) is 77.0 Å². The van der Waals surface area contributed by atoms with Crippen molar-refractivity contribution in [1.82, 2.24) is 20.5 Å². The third kappa shape index (κ3) is 11.5. The first-order valence-electron chi connectivity index (χ1n) is 22.8. The predicted molar refractivity (Wildman–Crippen MR) is 260 cm³/mol. The number of carbonyl (C=O) groups excluding carboxylic acids is 4. The van der Waals surface area contributed by atoms with Crippen LogP contribution in [0, 0.1) is 16.7 Å². The molecule has 18 heteroatoms. The van der Waals surface area contributed by atoms with Crippen LogP contribution in [0.4, 0.5) is 24.5 Å². The van der Waals surface area contributed by atoms with Gasteiger partial charge in [0, 0.05) is 30.9 Å². The molecule has 1 aromatic heterocycles. The van der Waals surface area contributed by atoms with Gasteiger partial charge in [-0.25, -0.2) is 4.98 Å². The van der Waals surface area contributed by atoms with Crippen LogP contribution >= 0.6 is 12.2 Å². The number of oxazole rings is 1. The molecule has 5 aromatic rings. The lowest BCUT2D eigenvalue weighted by Gasteiger charge is -2.35. The number of amides is 4. The van der Waals surface area contributed by atoms with E-state index < -0.39 is 52.2 Å². The monoisotopic (exact) mass is 977 g/mol. The molecule has 0 bridgehead atoms. The number of alkyl halides is 3. The number of rotatable bonds is 17. The molecule has 2 aliphatic heterocycles. The number of anilines is 2. The van der Waals surface area contributed by atoms with Crippen molar-refractivity contribution in [3.63, 3.8) is 0 Å². The van der Waals surface area contributed by atoms with E-state index in [1.165, 1.54) is 12.5 Å². The van der Waals surface area contributed by atoms with E-state index >= 15 is 0 Å². The minimum absolute atomic E-state index is 0.00795. The summed E-state index contributed by atoms with van der Waals surface area (Å²) in [5.74, 6) is -0.191. The van der Waals surface area contributed by atoms with Gasteiger partial charge in [-0.05, 0) is 116 Å². The maximum atomic E-state index is 13.9. The van der Waals surface area contributed by atoms with Crippen LogP contribution in [0.2, 0.25) is 0 Å². The zero-order valence-electron chi connectivity index (χ0n) is 39.5. The van der Waals surface area contributed by atoms with Crippen molar-refractivity contribution in [2.45, 2.75) is 90.6 Å². The minimum atomic E-state index is -4.80. The second-order valence-corrected chi connectivity index (χ2v) is 19.0. The molecule has 14 nitrogen and oxygen atoms in total. The molecule has 0 radical (unpaired) electrons. The summed E-state index contributed by atoms with van der Waals surface area (Å²) in [5.41, 5.74) is 0.450. The number of aromatic nitrogens is 1. The quantitative estimate of drug-likeness (QED) is 0.0674. The molecular weight excluding hydrogens is 924 g/mol. The second-order valence-electron chi connectivity index (χ2n) is 18.7. The van der Waals surface area contributed by atoms with Gasteiger partial charge in [0.25, 0.3) is 5.91 Å². The van der Waals surface area contributed by atoms with Gasteiger partial charge in [-0.15, -0.1) is 0 Å². The number of benzene rings is 4.